The summed E-state index contributed by atoms with van der Waals surface area (Å²) >= 11 is 0. The van der Waals surface area contributed by atoms with Crippen LogP contribution in [-0.2, 0) is 42.9 Å². The van der Waals surface area contributed by atoms with Crippen molar-refractivity contribution < 1.29 is 57.4 Å². The Morgan fingerprint density at radius 3 is 1.89 bits per heavy atom. The maximum Gasteiger partial charge on any atom is 0.317 e. The number of nitrogens with zero attached hydrogens (tertiary/aromatic N) is 2. The summed E-state index contributed by atoms with van der Waals surface area (Å²) in [6.07, 6.45) is -7.76. The molecule has 196 valence electrons. The van der Waals surface area contributed by atoms with Gasteiger partial charge >= 0.3 is 29.6 Å². The largest absolute Gasteiger partial charge is 0.463 e. The van der Waals surface area contributed by atoms with Crippen molar-refractivity contribution in [1.82, 2.24) is 0 Å². The van der Waals surface area contributed by atoms with Crippen molar-refractivity contribution >= 4 is 35.3 Å². The molecule has 0 bridgehead atoms. The van der Waals surface area contributed by atoms with Crippen LogP contribution in [0.4, 0.5) is 11.4 Å². The standard InChI is InChI=1S/C20H22N2O14/c1-9(23)31-8-16-17(32-10(2)24)18(33-11(3)25)19(34-12(4)26)20(36-16)35-15-6-5-13(21(27)28)7-14(15)22(29)30/h5-7,16-20H,8H2,1-4H3/t16-,17-,18+,19+,20-/m1/s1. The summed E-state index contributed by atoms with van der Waals surface area (Å²) in [4.78, 5) is 67.5. The number of carbonyl (C=O) groups excluding carboxylic acids is 4. The highest BCUT2D eigenvalue weighted by molar-refractivity contribution is 5.68. The predicted octanol–water partition coefficient (Wildman–Crippen LogP) is 0.965. The molecule has 1 aliphatic heterocycles. The van der Waals surface area contributed by atoms with Gasteiger partial charge in [0, 0.05) is 33.8 Å². The molecule has 36 heavy (non-hydrogen) atoms. The van der Waals surface area contributed by atoms with Crippen LogP contribution >= 0.6 is 0 Å². The molecule has 1 aromatic carbocycles. The maximum atomic E-state index is 11.8. The van der Waals surface area contributed by atoms with Crippen molar-refractivity contribution in [1.29, 1.82) is 0 Å². The van der Waals surface area contributed by atoms with Crippen LogP contribution in [-0.4, -0.2) is 71.0 Å². The molecule has 0 radical (unpaired) electrons. The molecule has 1 aromatic rings. The second-order valence-corrected chi connectivity index (χ2v) is 7.35. The van der Waals surface area contributed by atoms with Crippen LogP contribution in [0.15, 0.2) is 18.2 Å². The minimum Gasteiger partial charge on any atom is -0.463 e. The minimum atomic E-state index is -1.74. The lowest BCUT2D eigenvalue weighted by molar-refractivity contribution is -0.395. The van der Waals surface area contributed by atoms with Crippen LogP contribution in [0.1, 0.15) is 27.7 Å². The van der Waals surface area contributed by atoms with Gasteiger partial charge in [0.2, 0.25) is 18.1 Å². The fourth-order valence-electron chi connectivity index (χ4n) is 3.27. The van der Waals surface area contributed by atoms with E-state index in [1.165, 1.54) is 0 Å². The van der Waals surface area contributed by atoms with Crippen LogP contribution in [0, 0.1) is 20.2 Å². The number of non-ortho nitro benzene ring substituents is 1. The predicted molar refractivity (Wildman–Crippen MR) is 112 cm³/mol. The molecule has 0 aliphatic carbocycles. The normalized spacial score (nSPS) is 23.1. The molecule has 16 heteroatoms. The van der Waals surface area contributed by atoms with Gasteiger partial charge in [0.25, 0.3) is 5.69 Å². The summed E-state index contributed by atoms with van der Waals surface area (Å²) in [5, 5.41) is 22.5. The molecule has 2 rings (SSSR count). The van der Waals surface area contributed by atoms with Gasteiger partial charge in [-0.05, 0) is 6.07 Å². The second-order valence-electron chi connectivity index (χ2n) is 7.35. The molecule has 0 unspecified atom stereocenters. The van der Waals surface area contributed by atoms with Crippen LogP contribution in [0.3, 0.4) is 0 Å². The molecular weight excluding hydrogens is 492 g/mol. The van der Waals surface area contributed by atoms with E-state index in [0.29, 0.717) is 6.07 Å². The van der Waals surface area contributed by atoms with E-state index in [1.807, 2.05) is 0 Å². The highest BCUT2D eigenvalue weighted by Gasteiger charge is 2.53. The Balaban J connectivity index is 2.57. The molecule has 0 N–H and O–H groups in total. The van der Waals surface area contributed by atoms with Crippen LogP contribution in [0.2, 0.25) is 0 Å². The van der Waals surface area contributed by atoms with Crippen LogP contribution in [0.5, 0.6) is 5.75 Å². The van der Waals surface area contributed by atoms with Gasteiger partial charge in [0.05, 0.1) is 15.9 Å². The molecule has 1 saturated heterocycles. The first-order chi connectivity index (χ1) is 16.8. The Morgan fingerprint density at radius 2 is 1.39 bits per heavy atom. The average Bonchev–Trinajstić information content (AvgIpc) is 2.75. The molecule has 0 saturated carbocycles. The molecule has 0 aromatic heterocycles. The Kier molecular flexibility index (Phi) is 9.20. The fraction of sp³-hybridized carbons (Fsp3) is 0.500. The quantitative estimate of drug-likeness (QED) is 0.194. The highest BCUT2D eigenvalue weighted by atomic mass is 16.7. The second kappa shape index (κ2) is 11.9. The number of nitro benzene ring substituents is 2. The van der Waals surface area contributed by atoms with Crippen molar-refractivity contribution in [3.05, 3.63) is 38.4 Å². The van der Waals surface area contributed by atoms with E-state index in [-0.39, 0.29) is 0 Å². The maximum absolute atomic E-state index is 11.8. The monoisotopic (exact) mass is 514 g/mol. The first kappa shape index (κ1) is 27.9. The molecule has 1 heterocycles. The van der Waals surface area contributed by atoms with Crippen molar-refractivity contribution in [3.63, 3.8) is 0 Å². The average molecular weight is 514 g/mol. The molecule has 0 spiro atoms. The molecule has 1 fully saturated rings. The van der Waals surface area contributed by atoms with Gasteiger partial charge in [-0.1, -0.05) is 0 Å². The van der Waals surface area contributed by atoms with Gasteiger partial charge in [-0.2, -0.15) is 0 Å². The zero-order chi connectivity index (χ0) is 27.2. The highest BCUT2D eigenvalue weighted by Crippen LogP contribution is 2.36. The Bertz CT molecular complexity index is 1060. The van der Waals surface area contributed by atoms with Crippen LogP contribution in [0.25, 0.3) is 0 Å². The number of esters is 4. The number of nitro groups is 2. The molecule has 1 aliphatic rings. The van der Waals surface area contributed by atoms with Gasteiger partial charge in [-0.25, -0.2) is 0 Å². The van der Waals surface area contributed by atoms with E-state index in [0.717, 1.165) is 39.8 Å². The van der Waals surface area contributed by atoms with Gasteiger partial charge in [-0.3, -0.25) is 39.4 Å². The summed E-state index contributed by atoms with van der Waals surface area (Å²) in [6, 6.07) is 2.48. The van der Waals surface area contributed by atoms with Gasteiger partial charge in [0.15, 0.2) is 12.2 Å². The molecule has 0 amide bonds. The molecule has 16 nitrogen and oxygen atoms in total. The molecule has 5 atom stereocenters. The fourth-order valence-corrected chi connectivity index (χ4v) is 3.27. The van der Waals surface area contributed by atoms with Crippen molar-refractivity contribution in [2.24, 2.45) is 0 Å². The minimum absolute atomic E-state index is 0.522. The zero-order valence-electron chi connectivity index (χ0n) is 19.4. The SMILES string of the molecule is CC(=O)OC[C@H]1O[C@@H](Oc2ccc([N+](=O)[O-])cc2[N+](=O)[O-])[C@@H](OC(C)=O)[C@@H](OC(C)=O)[C@@H]1OC(C)=O. The smallest absolute Gasteiger partial charge is 0.317 e. The van der Waals surface area contributed by atoms with E-state index < -0.39 is 88.2 Å². The number of carbonyl (C=O) groups is 4. The Labute approximate surface area is 202 Å². The number of hydrogen-bond donors (Lipinski definition) is 0. The lowest BCUT2D eigenvalue weighted by atomic mass is 9.98. The third-order valence-electron chi connectivity index (χ3n) is 4.54. The summed E-state index contributed by atoms with van der Waals surface area (Å²) in [6.45, 7) is 3.60. The van der Waals surface area contributed by atoms with Crippen molar-refractivity contribution in [3.8, 4) is 5.75 Å². The van der Waals surface area contributed by atoms with E-state index >= 15 is 0 Å². The first-order valence-corrected chi connectivity index (χ1v) is 10.2. The van der Waals surface area contributed by atoms with Crippen LogP contribution < -0.4 is 4.74 Å². The topological polar surface area (TPSA) is 210 Å². The summed E-state index contributed by atoms with van der Waals surface area (Å²) in [7, 11) is 0. The summed E-state index contributed by atoms with van der Waals surface area (Å²) < 4.78 is 31.8. The Morgan fingerprint density at radius 1 is 0.833 bits per heavy atom. The lowest BCUT2D eigenvalue weighted by Gasteiger charge is -2.43. The third kappa shape index (κ3) is 7.33. The Hall–Kier alpha value is -4.34. The number of ether oxygens (including phenoxy) is 6. The number of benzene rings is 1. The lowest BCUT2D eigenvalue weighted by Crippen LogP contribution is -2.63. The zero-order valence-corrected chi connectivity index (χ0v) is 19.4. The number of hydrogen-bond acceptors (Lipinski definition) is 14. The van der Waals surface area contributed by atoms with Crippen molar-refractivity contribution in [2.75, 3.05) is 6.61 Å². The molecular formula is C20H22N2O14. The number of rotatable bonds is 9. The third-order valence-corrected chi connectivity index (χ3v) is 4.54. The van der Waals surface area contributed by atoms with E-state index in [9.17, 15) is 39.4 Å². The van der Waals surface area contributed by atoms with E-state index in [1.54, 1.807) is 0 Å². The van der Waals surface area contributed by atoms with Gasteiger partial charge < -0.3 is 28.4 Å². The van der Waals surface area contributed by atoms with Crippen molar-refractivity contribution in [2.45, 2.75) is 58.4 Å². The van der Waals surface area contributed by atoms with Gasteiger partial charge in [-0.15, -0.1) is 0 Å². The summed E-state index contributed by atoms with van der Waals surface area (Å²) in [5.74, 6) is -3.91. The summed E-state index contributed by atoms with van der Waals surface area (Å²) in [5.41, 5.74) is -1.42. The van der Waals surface area contributed by atoms with E-state index in [4.69, 9.17) is 28.4 Å². The van der Waals surface area contributed by atoms with E-state index in [2.05, 4.69) is 0 Å². The first-order valence-electron chi connectivity index (χ1n) is 10.2. The van der Waals surface area contributed by atoms with Gasteiger partial charge in [0.1, 0.15) is 12.7 Å².